The zero-order chi connectivity index (χ0) is 13.5. The van der Waals surface area contributed by atoms with Crippen LogP contribution in [-0.2, 0) is 9.59 Å². The Balaban J connectivity index is 2.41. The Morgan fingerprint density at radius 2 is 2.00 bits per heavy atom. The average molecular weight is 254 g/mol. The summed E-state index contributed by atoms with van der Waals surface area (Å²) >= 11 is 0. The summed E-state index contributed by atoms with van der Waals surface area (Å²) in [4.78, 5) is 49.1. The zero-order valence-electron chi connectivity index (χ0n) is 9.10. The maximum absolute atomic E-state index is 11.4. The molecular formula is C9H10N4O5. The number of carboxylic acid groups (broad SMARTS) is 1. The molecule has 4 N–H and O–H groups in total. The maximum atomic E-state index is 11.4. The second-order valence-corrected chi connectivity index (χ2v) is 3.15. The molecule has 1 aromatic heterocycles. The third-order valence-corrected chi connectivity index (χ3v) is 1.75. The van der Waals surface area contributed by atoms with Gasteiger partial charge in [0.25, 0.3) is 11.5 Å². The van der Waals surface area contributed by atoms with Gasteiger partial charge in [-0.05, 0) is 0 Å². The number of hydrogen-bond donors (Lipinski definition) is 4. The highest BCUT2D eigenvalue weighted by atomic mass is 16.4. The highest BCUT2D eigenvalue weighted by Gasteiger charge is 2.09. The number of aromatic nitrogens is 2. The van der Waals surface area contributed by atoms with Gasteiger partial charge in [-0.2, -0.15) is 0 Å². The summed E-state index contributed by atoms with van der Waals surface area (Å²) < 4.78 is 0. The monoisotopic (exact) mass is 254 g/mol. The smallest absolute Gasteiger partial charge is 0.322 e. The van der Waals surface area contributed by atoms with Gasteiger partial charge in [0, 0.05) is 6.20 Å². The van der Waals surface area contributed by atoms with E-state index in [-0.39, 0.29) is 12.2 Å². The number of rotatable bonds is 5. The summed E-state index contributed by atoms with van der Waals surface area (Å²) in [6.07, 6.45) is 2.03. The first-order chi connectivity index (χ1) is 8.49. The molecule has 0 aromatic carbocycles. The van der Waals surface area contributed by atoms with Gasteiger partial charge >= 0.3 is 5.97 Å². The lowest BCUT2D eigenvalue weighted by molar-refractivity contribution is -0.137. The zero-order valence-corrected chi connectivity index (χ0v) is 9.10. The van der Waals surface area contributed by atoms with Gasteiger partial charge in [-0.15, -0.1) is 0 Å². The van der Waals surface area contributed by atoms with Crippen molar-refractivity contribution in [2.75, 3.05) is 13.1 Å². The van der Waals surface area contributed by atoms with Crippen LogP contribution in [-0.4, -0.2) is 45.9 Å². The first-order valence-corrected chi connectivity index (χ1v) is 4.80. The minimum atomic E-state index is -1.18. The van der Waals surface area contributed by atoms with Crippen molar-refractivity contribution >= 4 is 17.8 Å². The summed E-state index contributed by atoms with van der Waals surface area (Å²) in [5, 5.41) is 12.6. The van der Waals surface area contributed by atoms with E-state index in [0.717, 1.165) is 12.4 Å². The Bertz CT molecular complexity index is 503. The molecule has 96 valence electrons. The summed E-state index contributed by atoms with van der Waals surface area (Å²) in [7, 11) is 0. The molecule has 0 saturated carbocycles. The van der Waals surface area contributed by atoms with Crippen molar-refractivity contribution in [3.05, 3.63) is 28.4 Å². The van der Waals surface area contributed by atoms with E-state index in [1.54, 1.807) is 0 Å². The largest absolute Gasteiger partial charge is 0.480 e. The molecular weight excluding hydrogens is 244 g/mol. The summed E-state index contributed by atoms with van der Waals surface area (Å²) in [6.45, 7) is -0.904. The van der Waals surface area contributed by atoms with E-state index in [0.29, 0.717) is 0 Å². The Hall–Kier alpha value is -2.71. The number of nitrogens with zero attached hydrogens (tertiary/aromatic N) is 1. The normalized spacial score (nSPS) is 9.56. The molecule has 0 unspecified atom stereocenters. The van der Waals surface area contributed by atoms with Crippen molar-refractivity contribution in [2.24, 2.45) is 0 Å². The van der Waals surface area contributed by atoms with E-state index in [1.807, 2.05) is 0 Å². The lowest BCUT2D eigenvalue weighted by Crippen LogP contribution is -2.39. The van der Waals surface area contributed by atoms with Gasteiger partial charge in [0.15, 0.2) is 0 Å². The highest BCUT2D eigenvalue weighted by molar-refractivity contribution is 5.94. The van der Waals surface area contributed by atoms with E-state index < -0.39 is 29.9 Å². The van der Waals surface area contributed by atoms with Crippen LogP contribution in [0.4, 0.5) is 0 Å². The Kier molecular flexibility index (Phi) is 4.55. The van der Waals surface area contributed by atoms with E-state index in [4.69, 9.17) is 5.11 Å². The van der Waals surface area contributed by atoms with Crippen LogP contribution in [0.25, 0.3) is 0 Å². The third kappa shape index (κ3) is 4.43. The number of hydrogen-bond acceptors (Lipinski definition) is 5. The Morgan fingerprint density at radius 1 is 1.28 bits per heavy atom. The number of carbonyl (C=O) groups excluding carboxylic acids is 2. The number of aliphatic carboxylic acids is 1. The first kappa shape index (κ1) is 13.4. The lowest BCUT2D eigenvalue weighted by atomic mass is 10.4. The van der Waals surface area contributed by atoms with E-state index >= 15 is 0 Å². The van der Waals surface area contributed by atoms with Crippen LogP contribution >= 0.6 is 0 Å². The summed E-state index contributed by atoms with van der Waals surface area (Å²) in [5.41, 5.74) is -0.508. The van der Waals surface area contributed by atoms with Gasteiger partial charge < -0.3 is 20.7 Å². The number of carboxylic acids is 1. The van der Waals surface area contributed by atoms with Crippen molar-refractivity contribution in [3.8, 4) is 0 Å². The van der Waals surface area contributed by atoms with Crippen molar-refractivity contribution in [2.45, 2.75) is 0 Å². The number of amides is 2. The molecule has 0 bridgehead atoms. The molecule has 0 spiro atoms. The number of carbonyl (C=O) groups is 3. The van der Waals surface area contributed by atoms with Crippen LogP contribution in [0.1, 0.15) is 10.5 Å². The van der Waals surface area contributed by atoms with Crippen LogP contribution < -0.4 is 16.2 Å². The van der Waals surface area contributed by atoms with Crippen LogP contribution in [0.3, 0.4) is 0 Å². The molecule has 0 radical (unpaired) electrons. The molecule has 0 aliphatic rings. The molecule has 9 nitrogen and oxygen atoms in total. The van der Waals surface area contributed by atoms with Gasteiger partial charge in [-0.1, -0.05) is 0 Å². The topological polar surface area (TPSA) is 141 Å². The van der Waals surface area contributed by atoms with E-state index in [9.17, 15) is 19.2 Å². The van der Waals surface area contributed by atoms with Crippen LogP contribution in [0.2, 0.25) is 0 Å². The third-order valence-electron chi connectivity index (χ3n) is 1.75. The minimum Gasteiger partial charge on any atom is -0.480 e. The molecule has 0 saturated heterocycles. The predicted octanol–water partition coefficient (Wildman–Crippen LogP) is -2.30. The maximum Gasteiger partial charge on any atom is 0.322 e. The SMILES string of the molecule is O=C(O)CNC(=O)CNC(=O)c1c[nH]c(=O)cn1. The van der Waals surface area contributed by atoms with Gasteiger partial charge in [-0.3, -0.25) is 19.2 Å². The number of nitrogens with one attached hydrogen (secondary N) is 3. The van der Waals surface area contributed by atoms with Crippen LogP contribution in [0, 0.1) is 0 Å². The second kappa shape index (κ2) is 6.13. The molecule has 0 aliphatic carbocycles. The fourth-order valence-electron chi connectivity index (χ4n) is 0.954. The number of H-pyrrole nitrogens is 1. The van der Waals surface area contributed by atoms with Crippen LogP contribution in [0.15, 0.2) is 17.2 Å². The van der Waals surface area contributed by atoms with Crippen molar-refractivity contribution in [1.82, 2.24) is 20.6 Å². The molecule has 0 fully saturated rings. The van der Waals surface area contributed by atoms with Gasteiger partial charge in [-0.25, -0.2) is 4.98 Å². The van der Waals surface area contributed by atoms with Gasteiger partial charge in [0.05, 0.1) is 12.7 Å². The summed E-state index contributed by atoms with van der Waals surface area (Å²) in [5.74, 6) is -2.48. The molecule has 1 heterocycles. The fourth-order valence-corrected chi connectivity index (χ4v) is 0.954. The molecule has 1 rings (SSSR count). The molecule has 1 aromatic rings. The quantitative estimate of drug-likeness (QED) is 0.465. The van der Waals surface area contributed by atoms with Gasteiger partial charge in [0.2, 0.25) is 5.91 Å². The van der Waals surface area contributed by atoms with Crippen molar-refractivity contribution < 1.29 is 19.5 Å². The standard InChI is InChI=1S/C9H10N4O5/c14-6-2-10-5(1-11-6)9(18)13-3-7(15)12-4-8(16)17/h1-2H,3-4H2,(H,11,14)(H,12,15)(H,13,18)(H,16,17). The van der Waals surface area contributed by atoms with Crippen molar-refractivity contribution in [1.29, 1.82) is 0 Å². The Labute approximate surface area is 100 Å². The highest BCUT2D eigenvalue weighted by Crippen LogP contribution is 1.86. The molecule has 9 heteroatoms. The van der Waals surface area contributed by atoms with Crippen molar-refractivity contribution in [3.63, 3.8) is 0 Å². The minimum absolute atomic E-state index is 0.0550. The number of aromatic amines is 1. The molecule has 0 aliphatic heterocycles. The summed E-state index contributed by atoms with van der Waals surface area (Å²) in [6, 6.07) is 0. The Morgan fingerprint density at radius 3 is 2.56 bits per heavy atom. The van der Waals surface area contributed by atoms with E-state index in [2.05, 4.69) is 20.6 Å². The first-order valence-electron chi connectivity index (χ1n) is 4.80. The fraction of sp³-hybridized carbons (Fsp3) is 0.222. The predicted molar refractivity (Wildman–Crippen MR) is 57.8 cm³/mol. The average Bonchev–Trinajstić information content (AvgIpc) is 2.34. The molecule has 2 amide bonds. The second-order valence-electron chi connectivity index (χ2n) is 3.15. The lowest BCUT2D eigenvalue weighted by Gasteiger charge is -2.04. The van der Waals surface area contributed by atoms with Gasteiger partial charge in [0.1, 0.15) is 12.2 Å². The van der Waals surface area contributed by atoms with Crippen LogP contribution in [0.5, 0.6) is 0 Å². The molecule has 0 atom stereocenters. The molecule has 18 heavy (non-hydrogen) atoms. The van der Waals surface area contributed by atoms with E-state index in [1.165, 1.54) is 0 Å².